The highest BCUT2D eigenvalue weighted by Crippen LogP contribution is 2.40. The van der Waals surface area contributed by atoms with Gasteiger partial charge in [0, 0.05) is 11.7 Å². The van der Waals surface area contributed by atoms with Crippen LogP contribution in [0.5, 0.6) is 0 Å². The second-order valence-electron chi connectivity index (χ2n) is 11.8. The molecule has 0 aliphatic rings. The van der Waals surface area contributed by atoms with Crippen molar-refractivity contribution in [2.45, 2.75) is 124 Å². The van der Waals surface area contributed by atoms with Gasteiger partial charge in [-0.1, -0.05) is 48.5 Å². The summed E-state index contributed by atoms with van der Waals surface area (Å²) < 4.78 is 18.6. The van der Waals surface area contributed by atoms with Gasteiger partial charge in [0.25, 0.3) is 0 Å². The fourth-order valence-electron chi connectivity index (χ4n) is 2.78. The van der Waals surface area contributed by atoms with Gasteiger partial charge < -0.3 is 13.6 Å². The first kappa shape index (κ1) is 29.6. The first-order chi connectivity index (χ1) is 13.2. The van der Waals surface area contributed by atoms with Gasteiger partial charge in [-0.25, -0.2) is 4.79 Å². The predicted molar refractivity (Wildman–Crippen MR) is 134 cm³/mol. The van der Waals surface area contributed by atoms with E-state index in [0.29, 0.717) is 12.2 Å². The molecule has 0 unspecified atom stereocenters. The normalized spacial score (nSPS) is 17.5. The summed E-state index contributed by atoms with van der Waals surface area (Å²) in [5, 5.41) is 0.280. The van der Waals surface area contributed by atoms with E-state index in [2.05, 4.69) is 81.6 Å². The van der Waals surface area contributed by atoms with Crippen LogP contribution in [0.25, 0.3) is 0 Å². The van der Waals surface area contributed by atoms with Crippen molar-refractivity contribution in [3.8, 4) is 0 Å². The summed E-state index contributed by atoms with van der Waals surface area (Å²) >= 11 is 0. The number of hydrogen-bond acceptors (Lipinski definition) is 4. The van der Waals surface area contributed by atoms with Gasteiger partial charge in [-0.2, -0.15) is 0 Å². The summed E-state index contributed by atoms with van der Waals surface area (Å²) in [6.45, 7) is 31.0. The summed E-state index contributed by atoms with van der Waals surface area (Å²) in [6, 6.07) is 0. The second-order valence-corrected chi connectivity index (χ2v) is 21.3. The van der Waals surface area contributed by atoms with Gasteiger partial charge in [0.2, 0.25) is 0 Å². The average Bonchev–Trinajstić information content (AvgIpc) is 2.51. The first-order valence-corrected chi connectivity index (χ1v) is 17.3. The third-order valence-electron chi connectivity index (χ3n) is 6.82. The van der Waals surface area contributed by atoms with E-state index in [0.717, 1.165) is 6.42 Å². The van der Waals surface area contributed by atoms with Crippen LogP contribution in [0.2, 0.25) is 36.3 Å². The molecule has 0 heterocycles. The lowest BCUT2D eigenvalue weighted by molar-refractivity contribution is -0.138. The number of rotatable bonds is 10. The molecule has 0 aromatic rings. The molecule has 0 fully saturated rings. The van der Waals surface area contributed by atoms with Crippen molar-refractivity contribution in [2.75, 3.05) is 6.61 Å². The molecule has 6 heteroatoms. The van der Waals surface area contributed by atoms with Crippen LogP contribution in [0.4, 0.5) is 0 Å². The lowest BCUT2D eigenvalue weighted by Crippen LogP contribution is -2.46. The van der Waals surface area contributed by atoms with Gasteiger partial charge in [-0.3, -0.25) is 0 Å². The lowest BCUT2D eigenvalue weighted by atomic mass is 9.96. The van der Waals surface area contributed by atoms with Gasteiger partial charge in [0.15, 0.2) is 16.6 Å². The van der Waals surface area contributed by atoms with E-state index in [-0.39, 0.29) is 34.2 Å². The van der Waals surface area contributed by atoms with Gasteiger partial charge in [-0.05, 0) is 75.5 Å². The molecule has 0 radical (unpaired) electrons. The van der Waals surface area contributed by atoms with Crippen LogP contribution < -0.4 is 0 Å². The number of esters is 1. The molecule has 0 rings (SSSR count). The number of ether oxygens (including phenoxy) is 1. The Kier molecular flexibility index (Phi) is 10.8. The molecular formula is C24H50O4Si2. The van der Waals surface area contributed by atoms with Crippen LogP contribution in [-0.4, -0.2) is 41.4 Å². The van der Waals surface area contributed by atoms with Crippen molar-refractivity contribution < 1.29 is 18.4 Å². The monoisotopic (exact) mass is 458 g/mol. The Morgan fingerprint density at radius 3 is 1.73 bits per heavy atom. The van der Waals surface area contributed by atoms with E-state index in [1.54, 1.807) is 0 Å². The Balaban J connectivity index is 5.64. The predicted octanol–water partition coefficient (Wildman–Crippen LogP) is 7.32. The van der Waals surface area contributed by atoms with Crippen molar-refractivity contribution in [3.05, 3.63) is 11.6 Å². The topological polar surface area (TPSA) is 44.8 Å². The maximum atomic E-state index is 12.2. The smallest absolute Gasteiger partial charge is 0.333 e. The molecule has 0 bridgehead atoms. The largest absolute Gasteiger partial charge is 0.463 e. The molecular weight excluding hydrogens is 408 g/mol. The second kappa shape index (κ2) is 10.9. The van der Waals surface area contributed by atoms with E-state index < -0.39 is 16.6 Å². The molecule has 0 aromatic heterocycles. The van der Waals surface area contributed by atoms with E-state index in [1.165, 1.54) is 0 Å². The Hall–Kier alpha value is -0.436. The minimum Gasteiger partial charge on any atom is -0.463 e. The minimum atomic E-state index is -2.01. The molecule has 4 nitrogen and oxygen atoms in total. The zero-order valence-corrected chi connectivity index (χ0v) is 24.4. The molecule has 0 aliphatic heterocycles. The third kappa shape index (κ3) is 8.97. The highest BCUT2D eigenvalue weighted by molar-refractivity contribution is 6.74. The van der Waals surface area contributed by atoms with E-state index in [1.807, 2.05) is 19.9 Å². The SMILES string of the molecule is CCOC(=O)/C(C)=C/[C@H](O[Si](C)(C)C(C)(C)C)[C@@H](C)C[C@H](C)O[Si](C)(C)C(C)(C)C. The summed E-state index contributed by atoms with van der Waals surface area (Å²) in [7, 11) is -3.84. The lowest BCUT2D eigenvalue weighted by Gasteiger charge is -2.42. The summed E-state index contributed by atoms with van der Waals surface area (Å²) in [5.74, 6) is -0.0395. The van der Waals surface area contributed by atoms with Crippen LogP contribution in [0, 0.1) is 5.92 Å². The van der Waals surface area contributed by atoms with Crippen LogP contribution in [0.1, 0.15) is 75.7 Å². The minimum absolute atomic E-state index is 0.0971. The van der Waals surface area contributed by atoms with E-state index >= 15 is 0 Å². The highest BCUT2D eigenvalue weighted by atomic mass is 28.4. The molecule has 0 spiro atoms. The molecule has 3 atom stereocenters. The summed E-state index contributed by atoms with van der Waals surface area (Å²) in [6.07, 6.45) is 2.86. The Morgan fingerprint density at radius 2 is 1.33 bits per heavy atom. The van der Waals surface area contributed by atoms with Crippen LogP contribution in [0.15, 0.2) is 11.6 Å². The Bertz CT molecular complexity index is 583. The standard InChI is InChI=1S/C24H50O4Si2/c1-15-26-22(25)19(3)17-21(28-30(13,14)24(8,9)10)18(2)16-20(4)27-29(11,12)23(5,6)7/h17-18,20-21H,15-16H2,1-14H3/b19-17+/t18-,20-,21-/m0/s1. The summed E-state index contributed by atoms with van der Waals surface area (Å²) in [4.78, 5) is 12.2. The van der Waals surface area contributed by atoms with Crippen molar-refractivity contribution in [1.29, 1.82) is 0 Å². The van der Waals surface area contributed by atoms with Crippen LogP contribution >= 0.6 is 0 Å². The number of carbonyl (C=O) groups is 1. The maximum Gasteiger partial charge on any atom is 0.333 e. The molecule has 0 N–H and O–H groups in total. The van der Waals surface area contributed by atoms with Crippen molar-refractivity contribution >= 4 is 22.6 Å². The van der Waals surface area contributed by atoms with E-state index in [9.17, 15) is 4.79 Å². The molecule has 0 aliphatic carbocycles. The van der Waals surface area contributed by atoms with Gasteiger partial charge >= 0.3 is 5.97 Å². The Morgan fingerprint density at radius 1 is 0.900 bits per heavy atom. The van der Waals surface area contributed by atoms with Crippen LogP contribution in [0.3, 0.4) is 0 Å². The highest BCUT2D eigenvalue weighted by Gasteiger charge is 2.41. The van der Waals surface area contributed by atoms with Crippen molar-refractivity contribution in [2.24, 2.45) is 5.92 Å². The molecule has 0 saturated carbocycles. The van der Waals surface area contributed by atoms with E-state index in [4.69, 9.17) is 13.6 Å². The molecule has 30 heavy (non-hydrogen) atoms. The third-order valence-corrected chi connectivity index (χ3v) is 15.9. The van der Waals surface area contributed by atoms with Gasteiger partial charge in [0.1, 0.15) is 0 Å². The fourth-order valence-corrected chi connectivity index (χ4v) is 5.57. The first-order valence-electron chi connectivity index (χ1n) is 11.5. The van der Waals surface area contributed by atoms with Crippen LogP contribution in [-0.2, 0) is 18.4 Å². The number of hydrogen-bond donors (Lipinski definition) is 0. The van der Waals surface area contributed by atoms with Gasteiger partial charge in [0.05, 0.1) is 12.7 Å². The molecule has 178 valence electrons. The fraction of sp³-hybridized carbons (Fsp3) is 0.875. The molecule has 0 aromatic carbocycles. The van der Waals surface area contributed by atoms with Gasteiger partial charge in [-0.15, -0.1) is 0 Å². The zero-order valence-electron chi connectivity index (χ0n) is 22.4. The van der Waals surface area contributed by atoms with Crippen molar-refractivity contribution in [3.63, 3.8) is 0 Å². The Labute approximate surface area is 189 Å². The summed E-state index contributed by atoms with van der Waals surface area (Å²) in [5.41, 5.74) is 0.616. The quantitative estimate of drug-likeness (QED) is 0.195. The maximum absolute atomic E-state index is 12.2. The molecule has 0 saturated heterocycles. The zero-order chi connectivity index (χ0) is 24.1. The average molecular weight is 459 g/mol. The van der Waals surface area contributed by atoms with Crippen molar-refractivity contribution in [1.82, 2.24) is 0 Å². The molecule has 0 amide bonds. The number of carbonyl (C=O) groups excluding carboxylic acids is 1.